The Kier molecular flexibility index (Phi) is 56.9. The van der Waals surface area contributed by atoms with Gasteiger partial charge in [-0.25, -0.2) is 0 Å². The molecular formula is C67H110O6. The molecule has 1 atom stereocenters. The van der Waals surface area contributed by atoms with Crippen LogP contribution in [0.2, 0.25) is 0 Å². The van der Waals surface area contributed by atoms with Crippen LogP contribution in [0.15, 0.2) is 122 Å². The van der Waals surface area contributed by atoms with E-state index in [-0.39, 0.29) is 31.1 Å². The maximum Gasteiger partial charge on any atom is 0.306 e. The average molecular weight is 1010 g/mol. The summed E-state index contributed by atoms with van der Waals surface area (Å²) in [5, 5.41) is 0. The molecular weight excluding hydrogens is 901 g/mol. The fourth-order valence-corrected chi connectivity index (χ4v) is 7.96. The van der Waals surface area contributed by atoms with Crippen LogP contribution in [0.1, 0.15) is 265 Å². The highest BCUT2D eigenvalue weighted by atomic mass is 16.6. The van der Waals surface area contributed by atoms with E-state index in [2.05, 4.69) is 142 Å². The zero-order chi connectivity index (χ0) is 52.9. The molecule has 0 aliphatic carbocycles. The molecule has 414 valence electrons. The maximum absolute atomic E-state index is 12.8. The SMILES string of the molecule is CC/C=C\C/C=C\C/C=C\C/C=C\C/C=C\C/C=C\C/C=C\C/C=C\CCCCCCCCC(=O)OCC(COC(=O)CCCCCCCCCCC)OC(=O)CCCCCCC/C=C\C/C=C\CCCCC. The van der Waals surface area contributed by atoms with Gasteiger partial charge < -0.3 is 14.2 Å². The first kappa shape index (κ1) is 68.8. The number of unbranched alkanes of at least 4 members (excludes halogenated alkanes) is 22. The first-order valence-electron chi connectivity index (χ1n) is 30.0. The van der Waals surface area contributed by atoms with Gasteiger partial charge >= 0.3 is 17.9 Å². The second-order valence-corrected chi connectivity index (χ2v) is 19.5. The summed E-state index contributed by atoms with van der Waals surface area (Å²) in [7, 11) is 0. The molecule has 0 saturated carbocycles. The number of hydrogen-bond donors (Lipinski definition) is 0. The van der Waals surface area contributed by atoms with Gasteiger partial charge in [-0.3, -0.25) is 14.4 Å². The van der Waals surface area contributed by atoms with Crippen molar-refractivity contribution in [3.05, 3.63) is 122 Å². The van der Waals surface area contributed by atoms with E-state index in [1.807, 2.05) is 0 Å². The van der Waals surface area contributed by atoms with Gasteiger partial charge in [0.05, 0.1) is 0 Å². The van der Waals surface area contributed by atoms with E-state index in [0.717, 1.165) is 148 Å². The van der Waals surface area contributed by atoms with E-state index in [9.17, 15) is 14.4 Å². The predicted octanol–water partition coefficient (Wildman–Crippen LogP) is 20.4. The number of allylic oxidation sites excluding steroid dienone is 20. The van der Waals surface area contributed by atoms with Crippen molar-refractivity contribution in [2.45, 2.75) is 271 Å². The molecule has 0 aromatic carbocycles. The molecule has 0 spiro atoms. The van der Waals surface area contributed by atoms with Crippen LogP contribution in [0, 0.1) is 0 Å². The molecule has 0 amide bonds. The molecule has 0 radical (unpaired) electrons. The summed E-state index contributed by atoms with van der Waals surface area (Å²) in [6, 6.07) is 0. The third-order valence-electron chi connectivity index (χ3n) is 12.5. The van der Waals surface area contributed by atoms with Crippen LogP contribution < -0.4 is 0 Å². The van der Waals surface area contributed by atoms with E-state index >= 15 is 0 Å². The van der Waals surface area contributed by atoms with Crippen LogP contribution in [0.5, 0.6) is 0 Å². The molecule has 0 saturated heterocycles. The maximum atomic E-state index is 12.8. The van der Waals surface area contributed by atoms with Gasteiger partial charge in [0.25, 0.3) is 0 Å². The van der Waals surface area contributed by atoms with Gasteiger partial charge in [-0.1, -0.05) is 251 Å². The normalized spacial score (nSPS) is 13.0. The second kappa shape index (κ2) is 60.4. The van der Waals surface area contributed by atoms with Crippen LogP contribution in [-0.2, 0) is 28.6 Å². The smallest absolute Gasteiger partial charge is 0.306 e. The number of esters is 3. The fraction of sp³-hybridized carbons (Fsp3) is 0.657. The van der Waals surface area contributed by atoms with E-state index in [1.165, 1.54) is 77.0 Å². The topological polar surface area (TPSA) is 78.9 Å². The molecule has 0 fully saturated rings. The predicted molar refractivity (Wildman–Crippen MR) is 316 cm³/mol. The van der Waals surface area contributed by atoms with Gasteiger partial charge in [-0.05, 0) is 116 Å². The highest BCUT2D eigenvalue weighted by Crippen LogP contribution is 2.14. The van der Waals surface area contributed by atoms with Crippen molar-refractivity contribution in [2.75, 3.05) is 13.2 Å². The molecule has 6 nitrogen and oxygen atoms in total. The van der Waals surface area contributed by atoms with Crippen molar-refractivity contribution in [3.8, 4) is 0 Å². The van der Waals surface area contributed by atoms with Crippen molar-refractivity contribution >= 4 is 17.9 Å². The number of carbonyl (C=O) groups excluding carboxylic acids is 3. The van der Waals surface area contributed by atoms with Gasteiger partial charge in [0.15, 0.2) is 6.10 Å². The Balaban J connectivity index is 4.26. The van der Waals surface area contributed by atoms with Crippen LogP contribution in [0.4, 0.5) is 0 Å². The number of ether oxygens (including phenoxy) is 3. The lowest BCUT2D eigenvalue weighted by molar-refractivity contribution is -0.167. The van der Waals surface area contributed by atoms with Crippen LogP contribution in [0.25, 0.3) is 0 Å². The van der Waals surface area contributed by atoms with Crippen LogP contribution in [0.3, 0.4) is 0 Å². The van der Waals surface area contributed by atoms with Crippen molar-refractivity contribution in [1.82, 2.24) is 0 Å². The first-order valence-corrected chi connectivity index (χ1v) is 30.0. The first-order chi connectivity index (χ1) is 36.0. The highest BCUT2D eigenvalue weighted by Gasteiger charge is 2.19. The van der Waals surface area contributed by atoms with Gasteiger partial charge in [-0.2, -0.15) is 0 Å². The Morgan fingerprint density at radius 1 is 0.288 bits per heavy atom. The number of carbonyl (C=O) groups is 3. The average Bonchev–Trinajstić information content (AvgIpc) is 3.39. The van der Waals surface area contributed by atoms with Crippen LogP contribution >= 0.6 is 0 Å². The standard InChI is InChI=1S/C67H110O6/c1-4-7-10-13-16-19-21-23-25-26-27-28-29-30-31-32-33-34-35-36-37-38-39-40-42-43-45-48-51-54-57-60-66(69)72-63-64(62-71-65(68)59-56-53-50-47-18-15-12-9-6-3)73-67(70)61-58-55-52-49-46-44-41-24-22-20-17-14-11-8-5-2/h7,10,16-17,19-20,23-25,27-28,30-31,33-34,36-37,39-41,64H,4-6,8-9,11-15,18,21-22,26,29,32,35,38,42-63H2,1-3H3/b10-7-,19-16-,20-17-,25-23-,28-27-,31-30-,34-33-,37-36-,40-39-,41-24-. The minimum atomic E-state index is -0.792. The molecule has 0 aliphatic rings. The molecule has 0 aromatic heterocycles. The van der Waals surface area contributed by atoms with E-state index in [0.29, 0.717) is 19.3 Å². The Labute approximate surface area is 450 Å². The third-order valence-corrected chi connectivity index (χ3v) is 12.5. The zero-order valence-corrected chi connectivity index (χ0v) is 47.4. The summed E-state index contributed by atoms with van der Waals surface area (Å²) in [6.07, 6.45) is 83.5. The molecule has 0 aliphatic heterocycles. The minimum absolute atomic E-state index is 0.0889. The molecule has 73 heavy (non-hydrogen) atoms. The van der Waals surface area contributed by atoms with Crippen LogP contribution in [-0.4, -0.2) is 37.2 Å². The molecule has 0 heterocycles. The second-order valence-electron chi connectivity index (χ2n) is 19.5. The zero-order valence-electron chi connectivity index (χ0n) is 47.4. The lowest BCUT2D eigenvalue weighted by atomic mass is 10.1. The van der Waals surface area contributed by atoms with Gasteiger partial charge in [0.1, 0.15) is 13.2 Å². The van der Waals surface area contributed by atoms with Gasteiger partial charge in [0.2, 0.25) is 0 Å². The lowest BCUT2D eigenvalue weighted by Crippen LogP contribution is -2.30. The summed E-state index contributed by atoms with van der Waals surface area (Å²) < 4.78 is 16.8. The Morgan fingerprint density at radius 3 is 0.863 bits per heavy atom. The fourth-order valence-electron chi connectivity index (χ4n) is 7.96. The van der Waals surface area contributed by atoms with Crippen molar-refractivity contribution < 1.29 is 28.6 Å². The molecule has 0 bridgehead atoms. The summed E-state index contributed by atoms with van der Waals surface area (Å²) in [4.78, 5) is 38.1. The van der Waals surface area contributed by atoms with Gasteiger partial charge in [0, 0.05) is 19.3 Å². The summed E-state index contributed by atoms with van der Waals surface area (Å²) in [5.74, 6) is -0.922. The summed E-state index contributed by atoms with van der Waals surface area (Å²) in [5.41, 5.74) is 0. The monoisotopic (exact) mass is 1010 g/mol. The summed E-state index contributed by atoms with van der Waals surface area (Å²) in [6.45, 7) is 6.45. The van der Waals surface area contributed by atoms with Crippen molar-refractivity contribution in [1.29, 1.82) is 0 Å². The van der Waals surface area contributed by atoms with Gasteiger partial charge in [-0.15, -0.1) is 0 Å². The molecule has 0 rings (SSSR count). The Bertz CT molecular complexity index is 1540. The quantitative estimate of drug-likeness (QED) is 0.0261. The Morgan fingerprint density at radius 2 is 0.534 bits per heavy atom. The lowest BCUT2D eigenvalue weighted by Gasteiger charge is -2.18. The molecule has 0 N–H and O–H groups in total. The number of hydrogen-bond acceptors (Lipinski definition) is 6. The molecule has 0 aromatic rings. The van der Waals surface area contributed by atoms with E-state index < -0.39 is 6.10 Å². The third kappa shape index (κ3) is 58.6. The largest absolute Gasteiger partial charge is 0.462 e. The van der Waals surface area contributed by atoms with Crippen molar-refractivity contribution in [2.24, 2.45) is 0 Å². The number of rotatable bonds is 53. The molecule has 6 heteroatoms. The van der Waals surface area contributed by atoms with E-state index in [1.54, 1.807) is 0 Å². The summed E-state index contributed by atoms with van der Waals surface area (Å²) >= 11 is 0. The Hall–Kier alpha value is -4.19. The minimum Gasteiger partial charge on any atom is -0.462 e. The highest BCUT2D eigenvalue weighted by molar-refractivity contribution is 5.71. The van der Waals surface area contributed by atoms with Crippen molar-refractivity contribution in [3.63, 3.8) is 0 Å². The molecule has 1 unspecified atom stereocenters. The van der Waals surface area contributed by atoms with E-state index in [4.69, 9.17) is 14.2 Å².